The lowest BCUT2D eigenvalue weighted by molar-refractivity contribution is 0.199. The van der Waals surface area contributed by atoms with Crippen LogP contribution in [0.2, 0.25) is 0 Å². The molecule has 136 valence electrons. The Bertz CT molecular complexity index is 676. The Morgan fingerprint density at radius 1 is 1.20 bits per heavy atom. The zero-order valence-corrected chi connectivity index (χ0v) is 15.5. The molecule has 0 radical (unpaired) electrons. The highest BCUT2D eigenvalue weighted by atomic mass is 16.3. The van der Waals surface area contributed by atoms with Crippen molar-refractivity contribution in [1.82, 2.24) is 0 Å². The predicted molar refractivity (Wildman–Crippen MR) is 103 cm³/mol. The van der Waals surface area contributed by atoms with Crippen LogP contribution in [0.25, 0.3) is 0 Å². The molecule has 0 saturated heterocycles. The van der Waals surface area contributed by atoms with Gasteiger partial charge >= 0.3 is 0 Å². The molecule has 0 heterocycles. The monoisotopic (exact) mass is 342 g/mol. The van der Waals surface area contributed by atoms with Crippen LogP contribution in [-0.4, -0.2) is 21.4 Å². The van der Waals surface area contributed by atoms with Crippen molar-refractivity contribution >= 4 is 0 Å². The summed E-state index contributed by atoms with van der Waals surface area (Å²) in [6.07, 6.45) is 4.84. The number of aryl methyl sites for hydroxylation is 1. The topological polar surface area (TPSA) is 60.7 Å². The van der Waals surface area contributed by atoms with Crippen molar-refractivity contribution in [3.05, 3.63) is 59.2 Å². The molecule has 0 aliphatic heterocycles. The van der Waals surface area contributed by atoms with Crippen LogP contribution in [0.3, 0.4) is 0 Å². The van der Waals surface area contributed by atoms with Crippen LogP contribution >= 0.6 is 0 Å². The summed E-state index contributed by atoms with van der Waals surface area (Å²) in [6.45, 7) is 13.8. The first-order chi connectivity index (χ1) is 11.7. The third-order valence-corrected chi connectivity index (χ3v) is 5.19. The van der Waals surface area contributed by atoms with Gasteiger partial charge in [0.1, 0.15) is 11.5 Å². The van der Waals surface area contributed by atoms with Crippen molar-refractivity contribution in [2.45, 2.75) is 58.5 Å². The molecule has 1 aromatic rings. The second-order valence-electron chi connectivity index (χ2n) is 7.46. The van der Waals surface area contributed by atoms with E-state index in [-0.39, 0.29) is 23.3 Å². The van der Waals surface area contributed by atoms with Gasteiger partial charge in [-0.25, -0.2) is 0 Å². The first-order valence-corrected chi connectivity index (χ1v) is 8.91. The van der Waals surface area contributed by atoms with Gasteiger partial charge in [0.2, 0.25) is 0 Å². The van der Waals surface area contributed by atoms with Crippen molar-refractivity contribution in [2.24, 2.45) is 5.92 Å². The number of rotatable bonds is 6. The van der Waals surface area contributed by atoms with Crippen LogP contribution in [0.15, 0.2) is 48.1 Å². The summed E-state index contributed by atoms with van der Waals surface area (Å²) in [7, 11) is 0. The zero-order chi connectivity index (χ0) is 18.7. The molecule has 3 nitrogen and oxygen atoms in total. The van der Waals surface area contributed by atoms with Crippen molar-refractivity contribution in [1.29, 1.82) is 0 Å². The summed E-state index contributed by atoms with van der Waals surface area (Å²) < 4.78 is 0. The third-order valence-electron chi connectivity index (χ3n) is 5.19. The van der Waals surface area contributed by atoms with Crippen LogP contribution in [0.5, 0.6) is 11.5 Å². The second kappa shape index (κ2) is 7.92. The zero-order valence-electron chi connectivity index (χ0n) is 15.5. The molecule has 3 atom stereocenters. The molecule has 0 aromatic heterocycles. The number of hydrogen-bond donors (Lipinski definition) is 3. The molecular weight excluding hydrogens is 312 g/mol. The number of aliphatic hydroxyl groups excluding tert-OH is 1. The van der Waals surface area contributed by atoms with Crippen LogP contribution < -0.4 is 0 Å². The van der Waals surface area contributed by atoms with Crippen LogP contribution in [0, 0.1) is 12.8 Å². The highest BCUT2D eigenvalue weighted by molar-refractivity contribution is 5.51. The fourth-order valence-corrected chi connectivity index (χ4v) is 3.67. The smallest absolute Gasteiger partial charge is 0.123 e. The molecular formula is C22H30O3. The van der Waals surface area contributed by atoms with Crippen LogP contribution in [0.4, 0.5) is 0 Å². The van der Waals surface area contributed by atoms with E-state index in [1.807, 2.05) is 13.8 Å². The highest BCUT2D eigenvalue weighted by Gasteiger charge is 2.31. The molecule has 0 spiro atoms. The molecule has 1 aromatic carbocycles. The summed E-state index contributed by atoms with van der Waals surface area (Å²) >= 11 is 0. The molecule has 1 aliphatic rings. The van der Waals surface area contributed by atoms with E-state index in [1.165, 1.54) is 5.57 Å². The summed E-state index contributed by atoms with van der Waals surface area (Å²) in [4.78, 5) is 0. The second-order valence-corrected chi connectivity index (χ2v) is 7.46. The lowest BCUT2D eigenvalue weighted by Gasteiger charge is -2.33. The Hall–Kier alpha value is -2.00. The molecule has 0 fully saturated rings. The van der Waals surface area contributed by atoms with Crippen molar-refractivity contribution in [2.75, 3.05) is 0 Å². The Balaban J connectivity index is 2.29. The fourth-order valence-electron chi connectivity index (χ4n) is 3.67. The van der Waals surface area contributed by atoms with Gasteiger partial charge in [0.05, 0.1) is 6.10 Å². The Morgan fingerprint density at radius 2 is 1.80 bits per heavy atom. The minimum absolute atomic E-state index is 0.0937. The van der Waals surface area contributed by atoms with Gasteiger partial charge in [-0.2, -0.15) is 0 Å². The van der Waals surface area contributed by atoms with Gasteiger partial charge in [0, 0.05) is 11.5 Å². The summed E-state index contributed by atoms with van der Waals surface area (Å²) in [5.74, 6) is 0.311. The molecule has 0 saturated carbocycles. The number of benzene rings is 1. The lowest BCUT2D eigenvalue weighted by atomic mass is 9.72. The predicted octanol–water partition coefficient (Wildman–Crippen LogP) is 5.12. The summed E-state index contributed by atoms with van der Waals surface area (Å²) in [6, 6.07) is 3.38. The van der Waals surface area contributed by atoms with E-state index in [0.717, 1.165) is 29.6 Å². The van der Waals surface area contributed by atoms with Crippen molar-refractivity contribution in [3.8, 4) is 11.5 Å². The van der Waals surface area contributed by atoms with Crippen molar-refractivity contribution in [3.63, 3.8) is 0 Å². The number of allylic oxidation sites excluding steroid dienone is 3. The summed E-state index contributed by atoms with van der Waals surface area (Å²) in [5, 5.41) is 30.8. The van der Waals surface area contributed by atoms with E-state index in [2.05, 4.69) is 26.2 Å². The van der Waals surface area contributed by atoms with E-state index in [1.54, 1.807) is 12.1 Å². The Morgan fingerprint density at radius 3 is 2.36 bits per heavy atom. The molecule has 3 N–H and O–H groups in total. The van der Waals surface area contributed by atoms with Crippen molar-refractivity contribution < 1.29 is 15.3 Å². The van der Waals surface area contributed by atoms with E-state index in [9.17, 15) is 15.3 Å². The molecule has 25 heavy (non-hydrogen) atoms. The number of phenolic OH excluding ortho intramolecular Hbond substituents is 2. The van der Waals surface area contributed by atoms with Gasteiger partial charge in [-0.05, 0) is 70.1 Å². The first-order valence-electron chi connectivity index (χ1n) is 8.91. The number of hydrogen-bond acceptors (Lipinski definition) is 3. The number of phenols is 2. The van der Waals surface area contributed by atoms with Gasteiger partial charge in [-0.1, -0.05) is 36.0 Å². The maximum atomic E-state index is 10.4. The Labute approximate surface area is 151 Å². The van der Waals surface area contributed by atoms with Gasteiger partial charge in [0.15, 0.2) is 0 Å². The first kappa shape index (κ1) is 19.3. The van der Waals surface area contributed by atoms with E-state index < -0.39 is 6.10 Å². The molecule has 2 rings (SSSR count). The fraction of sp³-hybridized carbons (Fsp3) is 0.455. The van der Waals surface area contributed by atoms with Gasteiger partial charge in [0.25, 0.3) is 0 Å². The Kier molecular flexibility index (Phi) is 6.12. The average Bonchev–Trinajstić information content (AvgIpc) is 2.51. The molecule has 0 bridgehead atoms. The lowest BCUT2D eigenvalue weighted by Crippen LogP contribution is -2.19. The van der Waals surface area contributed by atoms with E-state index >= 15 is 0 Å². The van der Waals surface area contributed by atoms with Gasteiger partial charge in [-0.3, -0.25) is 0 Å². The highest BCUT2D eigenvalue weighted by Crippen LogP contribution is 2.47. The average molecular weight is 342 g/mol. The van der Waals surface area contributed by atoms with E-state index in [0.29, 0.717) is 18.4 Å². The normalized spacial score (nSPS) is 21.5. The number of aliphatic hydroxyl groups is 1. The number of aromatic hydroxyl groups is 2. The molecule has 1 unspecified atom stereocenters. The third kappa shape index (κ3) is 4.55. The van der Waals surface area contributed by atoms with Gasteiger partial charge in [-0.15, -0.1) is 0 Å². The molecule has 3 heteroatoms. The minimum Gasteiger partial charge on any atom is -0.507 e. The minimum atomic E-state index is -0.516. The maximum absolute atomic E-state index is 10.4. The SMILES string of the molecule is C=C(C)C(O)CCC(=C)[C@H]1CCC(C)=C[C@@H]1c1c(O)cc(C)cc1O. The van der Waals surface area contributed by atoms with E-state index in [4.69, 9.17) is 0 Å². The van der Waals surface area contributed by atoms with Gasteiger partial charge < -0.3 is 15.3 Å². The molecule has 0 amide bonds. The molecule has 1 aliphatic carbocycles. The maximum Gasteiger partial charge on any atom is 0.123 e. The standard InChI is InChI=1S/C22H30O3/c1-13(2)19(23)9-7-16(5)17-8-6-14(3)10-18(17)22-20(24)11-15(4)12-21(22)25/h10-12,17-19,23-25H,1,5-9H2,2-4H3/t17-,18+,19?/m1/s1. The van der Waals surface area contributed by atoms with Crippen LogP contribution in [0.1, 0.15) is 56.6 Å². The largest absolute Gasteiger partial charge is 0.507 e. The summed E-state index contributed by atoms with van der Waals surface area (Å²) in [5.41, 5.74) is 4.48. The van der Waals surface area contributed by atoms with Crippen LogP contribution in [-0.2, 0) is 0 Å². The quantitative estimate of drug-likeness (QED) is 0.629.